The number of benzene rings is 1. The van der Waals surface area contributed by atoms with Gasteiger partial charge in [-0.15, -0.1) is 0 Å². The molecule has 1 aromatic rings. The number of hydrogen-bond donors (Lipinski definition) is 1. The maximum Gasteiger partial charge on any atom is 0.188 e. The molecule has 3 nitrogen and oxygen atoms in total. The molecule has 0 atom stereocenters. The molecule has 0 saturated carbocycles. The fourth-order valence-corrected chi connectivity index (χ4v) is 2.49. The first-order valence-electron chi connectivity index (χ1n) is 7.02. The van der Waals surface area contributed by atoms with Crippen molar-refractivity contribution in [3.8, 4) is 0 Å². The highest BCUT2D eigenvalue weighted by molar-refractivity contribution is 5.98. The predicted octanol–water partition coefficient (Wildman–Crippen LogP) is 2.56. The van der Waals surface area contributed by atoms with Gasteiger partial charge in [0, 0.05) is 5.56 Å². The third-order valence-corrected chi connectivity index (χ3v) is 4.09. The molecule has 1 saturated heterocycles. The SMILES string of the molecule is Cc1ccc(C(=O)COC2CCNCC2)c(C)c1C. The summed E-state index contributed by atoms with van der Waals surface area (Å²) in [6.45, 7) is 8.33. The number of rotatable bonds is 4. The van der Waals surface area contributed by atoms with Crippen LogP contribution >= 0.6 is 0 Å². The van der Waals surface area contributed by atoms with Crippen LogP contribution in [0, 0.1) is 20.8 Å². The topological polar surface area (TPSA) is 38.3 Å². The number of ketones is 1. The van der Waals surface area contributed by atoms with Crippen LogP contribution in [0.3, 0.4) is 0 Å². The van der Waals surface area contributed by atoms with Crippen LogP contribution in [0.2, 0.25) is 0 Å². The van der Waals surface area contributed by atoms with Crippen LogP contribution < -0.4 is 5.32 Å². The summed E-state index contributed by atoms with van der Waals surface area (Å²) in [7, 11) is 0. The van der Waals surface area contributed by atoms with E-state index >= 15 is 0 Å². The van der Waals surface area contributed by atoms with Crippen molar-refractivity contribution in [2.24, 2.45) is 0 Å². The summed E-state index contributed by atoms with van der Waals surface area (Å²) in [6, 6.07) is 3.94. The van der Waals surface area contributed by atoms with Gasteiger partial charge in [-0.1, -0.05) is 12.1 Å². The van der Waals surface area contributed by atoms with Crippen molar-refractivity contribution >= 4 is 5.78 Å². The number of piperidine rings is 1. The van der Waals surface area contributed by atoms with Crippen LogP contribution in [0.15, 0.2) is 12.1 Å². The van der Waals surface area contributed by atoms with E-state index in [0.717, 1.165) is 37.1 Å². The molecule has 0 aliphatic carbocycles. The van der Waals surface area contributed by atoms with E-state index < -0.39 is 0 Å². The Hall–Kier alpha value is -1.19. The molecule has 0 spiro atoms. The van der Waals surface area contributed by atoms with Gasteiger partial charge in [-0.05, 0) is 63.4 Å². The first kappa shape index (κ1) is 14.2. The number of ether oxygens (including phenoxy) is 1. The Kier molecular flexibility index (Phi) is 4.72. The maximum absolute atomic E-state index is 12.2. The minimum Gasteiger partial charge on any atom is -0.370 e. The van der Waals surface area contributed by atoms with E-state index in [4.69, 9.17) is 4.74 Å². The normalized spacial score (nSPS) is 16.6. The van der Waals surface area contributed by atoms with Crippen LogP contribution in [-0.4, -0.2) is 31.6 Å². The number of carbonyl (C=O) groups excluding carboxylic acids is 1. The van der Waals surface area contributed by atoms with Crippen molar-refractivity contribution in [2.45, 2.75) is 39.7 Å². The fraction of sp³-hybridized carbons (Fsp3) is 0.562. The molecular formula is C16H23NO2. The van der Waals surface area contributed by atoms with E-state index in [1.807, 2.05) is 19.1 Å². The maximum atomic E-state index is 12.2. The summed E-state index contributed by atoms with van der Waals surface area (Å²) in [6.07, 6.45) is 2.23. The number of nitrogens with one attached hydrogen (secondary N) is 1. The molecule has 1 aliphatic rings. The van der Waals surface area contributed by atoms with Crippen LogP contribution in [0.25, 0.3) is 0 Å². The minimum absolute atomic E-state index is 0.0964. The van der Waals surface area contributed by atoms with Crippen molar-refractivity contribution in [1.82, 2.24) is 5.32 Å². The van der Waals surface area contributed by atoms with E-state index in [1.54, 1.807) is 0 Å². The lowest BCUT2D eigenvalue weighted by Gasteiger charge is -2.22. The molecule has 1 fully saturated rings. The first-order chi connectivity index (χ1) is 9.09. The molecule has 1 N–H and O–H groups in total. The van der Waals surface area contributed by atoms with Gasteiger partial charge in [-0.2, -0.15) is 0 Å². The summed E-state index contributed by atoms with van der Waals surface area (Å²) < 4.78 is 5.73. The average molecular weight is 261 g/mol. The second-order valence-corrected chi connectivity index (χ2v) is 5.36. The lowest BCUT2D eigenvalue weighted by atomic mass is 9.96. The van der Waals surface area contributed by atoms with E-state index in [2.05, 4.69) is 19.2 Å². The van der Waals surface area contributed by atoms with Gasteiger partial charge in [0.05, 0.1) is 6.10 Å². The second kappa shape index (κ2) is 6.31. The van der Waals surface area contributed by atoms with E-state index in [0.29, 0.717) is 0 Å². The van der Waals surface area contributed by atoms with Gasteiger partial charge >= 0.3 is 0 Å². The van der Waals surface area contributed by atoms with Crippen LogP contribution in [0.5, 0.6) is 0 Å². The zero-order valence-electron chi connectivity index (χ0n) is 12.1. The molecule has 0 bridgehead atoms. The molecule has 1 aliphatic heterocycles. The number of aryl methyl sites for hydroxylation is 1. The van der Waals surface area contributed by atoms with E-state index in [-0.39, 0.29) is 18.5 Å². The minimum atomic E-state index is 0.0964. The average Bonchev–Trinajstić information content (AvgIpc) is 2.43. The van der Waals surface area contributed by atoms with Gasteiger partial charge in [-0.25, -0.2) is 0 Å². The zero-order chi connectivity index (χ0) is 13.8. The van der Waals surface area contributed by atoms with Crippen LogP contribution in [-0.2, 0) is 4.74 Å². The van der Waals surface area contributed by atoms with Gasteiger partial charge in [0.25, 0.3) is 0 Å². The van der Waals surface area contributed by atoms with Gasteiger partial charge < -0.3 is 10.1 Å². The smallest absolute Gasteiger partial charge is 0.188 e. The Morgan fingerprint density at radius 3 is 2.58 bits per heavy atom. The lowest BCUT2D eigenvalue weighted by Crippen LogP contribution is -2.33. The lowest BCUT2D eigenvalue weighted by molar-refractivity contribution is 0.0317. The number of carbonyl (C=O) groups is 1. The van der Waals surface area contributed by atoms with Crippen LogP contribution in [0.4, 0.5) is 0 Å². The fourth-order valence-electron chi connectivity index (χ4n) is 2.49. The zero-order valence-corrected chi connectivity index (χ0v) is 12.1. The highest BCUT2D eigenvalue weighted by Crippen LogP contribution is 2.18. The molecule has 0 aromatic heterocycles. The standard InChI is InChI=1S/C16H23NO2/c1-11-4-5-15(13(3)12(11)2)16(18)10-19-14-6-8-17-9-7-14/h4-5,14,17H,6-10H2,1-3H3. The first-order valence-corrected chi connectivity index (χ1v) is 7.02. The Morgan fingerprint density at radius 2 is 1.89 bits per heavy atom. The third kappa shape index (κ3) is 3.43. The molecule has 2 rings (SSSR count). The van der Waals surface area contributed by atoms with Gasteiger partial charge in [0.2, 0.25) is 0 Å². The highest BCUT2D eigenvalue weighted by atomic mass is 16.5. The van der Waals surface area contributed by atoms with Gasteiger partial charge in [0.15, 0.2) is 5.78 Å². The van der Waals surface area contributed by atoms with Crippen molar-refractivity contribution in [3.05, 3.63) is 34.4 Å². The molecule has 104 valence electrons. The molecular weight excluding hydrogens is 238 g/mol. The summed E-state index contributed by atoms with van der Waals surface area (Å²) >= 11 is 0. The largest absolute Gasteiger partial charge is 0.370 e. The summed E-state index contributed by atoms with van der Waals surface area (Å²) in [5, 5.41) is 3.29. The van der Waals surface area contributed by atoms with Crippen molar-refractivity contribution in [2.75, 3.05) is 19.7 Å². The highest BCUT2D eigenvalue weighted by Gasteiger charge is 2.17. The molecule has 0 amide bonds. The molecule has 0 unspecified atom stereocenters. The summed E-state index contributed by atoms with van der Waals surface area (Å²) in [5.74, 6) is 0.0964. The molecule has 1 aromatic carbocycles. The van der Waals surface area contributed by atoms with Crippen LogP contribution in [0.1, 0.15) is 39.9 Å². The number of hydrogen-bond acceptors (Lipinski definition) is 3. The summed E-state index contributed by atoms with van der Waals surface area (Å²) in [4.78, 5) is 12.2. The third-order valence-electron chi connectivity index (χ3n) is 4.09. The molecule has 0 radical (unpaired) electrons. The molecule has 1 heterocycles. The second-order valence-electron chi connectivity index (χ2n) is 5.36. The Labute approximate surface area is 115 Å². The number of Topliss-reactive ketones (excluding diaryl/α,β-unsaturated/α-hetero) is 1. The quantitative estimate of drug-likeness (QED) is 0.847. The van der Waals surface area contributed by atoms with Gasteiger partial charge in [0.1, 0.15) is 6.61 Å². The van der Waals surface area contributed by atoms with Crippen molar-refractivity contribution in [1.29, 1.82) is 0 Å². The Morgan fingerprint density at radius 1 is 1.21 bits per heavy atom. The molecule has 19 heavy (non-hydrogen) atoms. The monoisotopic (exact) mass is 261 g/mol. The Bertz CT molecular complexity index is 462. The van der Waals surface area contributed by atoms with Crippen molar-refractivity contribution < 1.29 is 9.53 Å². The van der Waals surface area contributed by atoms with E-state index in [1.165, 1.54) is 11.1 Å². The predicted molar refractivity (Wildman–Crippen MR) is 76.8 cm³/mol. The Balaban J connectivity index is 1.98. The molecule has 3 heteroatoms. The van der Waals surface area contributed by atoms with Gasteiger partial charge in [-0.3, -0.25) is 4.79 Å². The van der Waals surface area contributed by atoms with Crippen molar-refractivity contribution in [3.63, 3.8) is 0 Å². The summed E-state index contributed by atoms with van der Waals surface area (Å²) in [5.41, 5.74) is 4.32. The van der Waals surface area contributed by atoms with E-state index in [9.17, 15) is 4.79 Å².